The molecule has 0 aliphatic carbocycles. The Morgan fingerprint density at radius 3 is 2.64 bits per heavy atom. The van der Waals surface area contributed by atoms with Gasteiger partial charge in [0.1, 0.15) is 12.0 Å². The Bertz CT molecular complexity index is 661. The summed E-state index contributed by atoms with van der Waals surface area (Å²) in [6.07, 6.45) is 2.74. The number of hydrogen-bond acceptors (Lipinski definition) is 4. The molecule has 0 aliphatic rings. The summed E-state index contributed by atoms with van der Waals surface area (Å²) in [6, 6.07) is 8.14. The number of nitrogens with zero attached hydrogens (tertiary/aromatic N) is 3. The molecule has 6 heteroatoms. The number of aromatic nitrogens is 1. The SMILES string of the molecule is CCNC(=NCc1coc(-c2ccc(C)cc2)n1)NCCCN(C)C. The third kappa shape index (κ3) is 6.58. The van der Waals surface area contributed by atoms with Crippen molar-refractivity contribution < 1.29 is 4.42 Å². The molecule has 0 saturated heterocycles. The standard InChI is InChI=1S/C19H29N5O/c1-5-20-19(21-11-6-12-24(3)4)22-13-17-14-25-18(23-17)16-9-7-15(2)8-10-16/h7-10,14H,5-6,11-13H2,1-4H3,(H2,20,21,22). The molecular formula is C19H29N5O. The van der Waals surface area contributed by atoms with E-state index in [1.54, 1.807) is 6.26 Å². The van der Waals surface area contributed by atoms with Crippen molar-refractivity contribution in [3.05, 3.63) is 41.8 Å². The monoisotopic (exact) mass is 343 g/mol. The van der Waals surface area contributed by atoms with E-state index in [0.29, 0.717) is 12.4 Å². The van der Waals surface area contributed by atoms with Gasteiger partial charge >= 0.3 is 0 Å². The predicted octanol–water partition coefficient (Wildman–Crippen LogP) is 2.66. The molecule has 0 amide bonds. The molecular weight excluding hydrogens is 314 g/mol. The minimum atomic E-state index is 0.484. The highest BCUT2D eigenvalue weighted by Gasteiger charge is 2.06. The normalized spacial score (nSPS) is 11.8. The number of aliphatic imine (C=N–C) groups is 1. The van der Waals surface area contributed by atoms with Crippen LogP contribution in [0.15, 0.2) is 39.9 Å². The summed E-state index contributed by atoms with van der Waals surface area (Å²) in [5, 5.41) is 6.60. The molecule has 0 fully saturated rings. The van der Waals surface area contributed by atoms with Gasteiger partial charge in [0, 0.05) is 18.7 Å². The first kappa shape index (κ1) is 19.0. The maximum Gasteiger partial charge on any atom is 0.226 e. The number of nitrogens with one attached hydrogen (secondary N) is 2. The van der Waals surface area contributed by atoms with Gasteiger partial charge in [0.25, 0.3) is 0 Å². The van der Waals surface area contributed by atoms with Crippen LogP contribution in [0.1, 0.15) is 24.6 Å². The van der Waals surface area contributed by atoms with Crippen molar-refractivity contribution in [1.82, 2.24) is 20.5 Å². The summed E-state index contributed by atoms with van der Waals surface area (Å²) in [5.74, 6) is 1.44. The molecule has 1 heterocycles. The Kier molecular flexibility index (Phi) is 7.47. The van der Waals surface area contributed by atoms with Gasteiger partial charge in [0.15, 0.2) is 5.96 Å². The van der Waals surface area contributed by atoms with Crippen LogP contribution in [-0.4, -0.2) is 49.6 Å². The molecule has 25 heavy (non-hydrogen) atoms. The second-order valence-corrected chi connectivity index (χ2v) is 6.29. The van der Waals surface area contributed by atoms with Crippen molar-refractivity contribution in [1.29, 1.82) is 0 Å². The van der Waals surface area contributed by atoms with Crippen LogP contribution in [0.4, 0.5) is 0 Å². The van der Waals surface area contributed by atoms with Crippen LogP contribution in [-0.2, 0) is 6.54 Å². The quantitative estimate of drug-likeness (QED) is 0.438. The molecule has 0 aliphatic heterocycles. The molecule has 6 nitrogen and oxygen atoms in total. The highest BCUT2D eigenvalue weighted by atomic mass is 16.3. The number of benzene rings is 1. The first-order chi connectivity index (χ1) is 12.1. The molecule has 0 bridgehead atoms. The molecule has 0 saturated carbocycles. The summed E-state index contributed by atoms with van der Waals surface area (Å²) >= 11 is 0. The van der Waals surface area contributed by atoms with Crippen LogP contribution >= 0.6 is 0 Å². The topological polar surface area (TPSA) is 65.7 Å². The Balaban J connectivity index is 1.92. The smallest absolute Gasteiger partial charge is 0.226 e. The molecule has 136 valence electrons. The van der Waals surface area contributed by atoms with Gasteiger partial charge in [-0.3, -0.25) is 0 Å². The molecule has 0 unspecified atom stereocenters. The lowest BCUT2D eigenvalue weighted by molar-refractivity contribution is 0.399. The van der Waals surface area contributed by atoms with Crippen LogP contribution in [0, 0.1) is 6.92 Å². The van der Waals surface area contributed by atoms with Gasteiger partial charge < -0.3 is 20.0 Å². The lowest BCUT2D eigenvalue weighted by Crippen LogP contribution is -2.38. The predicted molar refractivity (Wildman–Crippen MR) is 103 cm³/mol. The fraction of sp³-hybridized carbons (Fsp3) is 0.474. The number of guanidine groups is 1. The van der Waals surface area contributed by atoms with Crippen molar-refractivity contribution in [3.63, 3.8) is 0 Å². The van der Waals surface area contributed by atoms with Gasteiger partial charge in [-0.15, -0.1) is 0 Å². The van der Waals surface area contributed by atoms with Crippen LogP contribution in [0.2, 0.25) is 0 Å². The van der Waals surface area contributed by atoms with Gasteiger partial charge in [-0.25, -0.2) is 9.98 Å². The van der Waals surface area contributed by atoms with E-state index in [1.807, 2.05) is 12.1 Å². The zero-order valence-electron chi connectivity index (χ0n) is 15.7. The van der Waals surface area contributed by atoms with Crippen molar-refractivity contribution >= 4 is 5.96 Å². The minimum absolute atomic E-state index is 0.484. The number of oxazole rings is 1. The highest BCUT2D eigenvalue weighted by Crippen LogP contribution is 2.19. The first-order valence-corrected chi connectivity index (χ1v) is 8.77. The molecule has 2 aromatic rings. The summed E-state index contributed by atoms with van der Waals surface area (Å²) in [5.41, 5.74) is 3.02. The van der Waals surface area contributed by atoms with Crippen molar-refractivity contribution in [2.24, 2.45) is 4.99 Å². The fourth-order valence-electron chi connectivity index (χ4n) is 2.31. The van der Waals surface area contributed by atoms with Crippen molar-refractivity contribution in [3.8, 4) is 11.5 Å². The van der Waals surface area contributed by atoms with Gasteiger partial charge in [-0.05, 0) is 53.0 Å². The third-order valence-electron chi connectivity index (χ3n) is 3.67. The fourth-order valence-corrected chi connectivity index (χ4v) is 2.31. The van der Waals surface area contributed by atoms with Gasteiger partial charge in [-0.2, -0.15) is 0 Å². The van der Waals surface area contributed by atoms with Crippen molar-refractivity contribution in [2.75, 3.05) is 33.7 Å². The molecule has 1 aromatic heterocycles. The van der Waals surface area contributed by atoms with E-state index in [1.165, 1.54) is 5.56 Å². The minimum Gasteiger partial charge on any atom is -0.444 e. The Hall–Kier alpha value is -2.34. The lowest BCUT2D eigenvalue weighted by Gasteiger charge is -2.13. The summed E-state index contributed by atoms with van der Waals surface area (Å²) in [6.45, 7) is 7.37. The molecule has 0 radical (unpaired) electrons. The van der Waals surface area contributed by atoms with Crippen LogP contribution < -0.4 is 10.6 Å². The summed E-state index contributed by atoms with van der Waals surface area (Å²) < 4.78 is 5.58. The second-order valence-electron chi connectivity index (χ2n) is 6.29. The third-order valence-corrected chi connectivity index (χ3v) is 3.67. The van der Waals surface area contributed by atoms with E-state index >= 15 is 0 Å². The molecule has 2 rings (SSSR count). The van der Waals surface area contributed by atoms with E-state index in [9.17, 15) is 0 Å². The largest absolute Gasteiger partial charge is 0.444 e. The first-order valence-electron chi connectivity index (χ1n) is 8.77. The number of aryl methyl sites for hydroxylation is 1. The number of rotatable bonds is 8. The Labute approximate surface area is 150 Å². The summed E-state index contributed by atoms with van der Waals surface area (Å²) in [7, 11) is 4.16. The maximum atomic E-state index is 5.58. The van der Waals surface area contributed by atoms with Gasteiger partial charge in [0.05, 0.1) is 6.54 Å². The molecule has 0 spiro atoms. The molecule has 1 aromatic carbocycles. The van der Waals surface area contributed by atoms with E-state index in [-0.39, 0.29) is 0 Å². The van der Waals surface area contributed by atoms with E-state index in [0.717, 1.165) is 43.3 Å². The van der Waals surface area contributed by atoms with E-state index < -0.39 is 0 Å². The number of hydrogen-bond donors (Lipinski definition) is 2. The van der Waals surface area contributed by atoms with Crippen LogP contribution in [0.5, 0.6) is 0 Å². The molecule has 2 N–H and O–H groups in total. The average Bonchev–Trinajstić information content (AvgIpc) is 3.06. The van der Waals surface area contributed by atoms with Gasteiger partial charge in [-0.1, -0.05) is 17.7 Å². The zero-order valence-corrected chi connectivity index (χ0v) is 15.7. The van der Waals surface area contributed by atoms with Crippen LogP contribution in [0.25, 0.3) is 11.5 Å². The Morgan fingerprint density at radius 2 is 1.96 bits per heavy atom. The highest BCUT2D eigenvalue weighted by molar-refractivity contribution is 5.79. The lowest BCUT2D eigenvalue weighted by atomic mass is 10.1. The zero-order chi connectivity index (χ0) is 18.1. The second kappa shape index (κ2) is 9.84. The average molecular weight is 343 g/mol. The summed E-state index contributed by atoms with van der Waals surface area (Å²) in [4.78, 5) is 11.3. The Morgan fingerprint density at radius 1 is 1.20 bits per heavy atom. The molecule has 0 atom stereocenters. The van der Waals surface area contributed by atoms with Gasteiger partial charge in [0.2, 0.25) is 5.89 Å². The maximum absolute atomic E-state index is 5.58. The van der Waals surface area contributed by atoms with Crippen LogP contribution in [0.3, 0.4) is 0 Å². The van der Waals surface area contributed by atoms with Crippen molar-refractivity contribution in [2.45, 2.75) is 26.8 Å². The van der Waals surface area contributed by atoms with E-state index in [2.05, 4.69) is 65.6 Å². The van der Waals surface area contributed by atoms with E-state index in [4.69, 9.17) is 4.42 Å².